The molecular formula is C32H39N7O3S. The van der Waals surface area contributed by atoms with Crippen molar-refractivity contribution in [3.8, 4) is 22.0 Å². The molecule has 1 unspecified atom stereocenters. The minimum atomic E-state index is -0.152. The molecule has 0 amide bonds. The average molecular weight is 602 g/mol. The van der Waals surface area contributed by atoms with Gasteiger partial charge in [0.1, 0.15) is 11.6 Å². The average Bonchev–Trinajstić information content (AvgIpc) is 3.78. The lowest BCUT2D eigenvalue weighted by atomic mass is 10.0. The first-order valence-electron chi connectivity index (χ1n) is 14.6. The largest absolute Gasteiger partial charge is 0.395 e. The third kappa shape index (κ3) is 7.38. The highest BCUT2D eigenvalue weighted by Crippen LogP contribution is 2.31. The zero-order valence-corrected chi connectivity index (χ0v) is 25.2. The minimum Gasteiger partial charge on any atom is -0.395 e. The van der Waals surface area contributed by atoms with Crippen LogP contribution in [0, 0.1) is 0 Å². The molecule has 0 aliphatic rings. The molecule has 11 heteroatoms. The molecule has 5 rings (SSSR count). The fourth-order valence-corrected chi connectivity index (χ4v) is 6.26. The molecule has 0 radical (unpaired) electrons. The zero-order chi connectivity index (χ0) is 30.2. The number of aliphatic hydroxyl groups is 2. The maximum atomic E-state index is 12.3. The Hall–Kier alpha value is -3.87. The summed E-state index contributed by atoms with van der Waals surface area (Å²) < 4.78 is 2.20. The van der Waals surface area contributed by atoms with E-state index in [0.717, 1.165) is 57.2 Å². The van der Waals surface area contributed by atoms with Gasteiger partial charge in [-0.15, -0.1) is 11.3 Å². The summed E-state index contributed by atoms with van der Waals surface area (Å²) in [5.74, 6) is 0.969. The van der Waals surface area contributed by atoms with Crippen LogP contribution < -0.4 is 16.0 Å². The van der Waals surface area contributed by atoms with Crippen molar-refractivity contribution in [1.29, 1.82) is 0 Å². The standard InChI is InChI=1S/C32H39N7O3S/c1-22(42)19-28(34-21-26-8-10-31(43-26)27-11-13-35-37-27)24-5-9-30-29(20-24)36-32(39(30)14-2-12-33)23-3-6-25(7-4-23)38(15-17-40)16-18-41/h3-11,13,20,28,34,40-41H,2,12,14-19,21,33H2,1H3,(H,35,37). The van der Waals surface area contributed by atoms with Gasteiger partial charge >= 0.3 is 0 Å². The number of aryl methyl sites for hydroxylation is 1. The highest BCUT2D eigenvalue weighted by atomic mass is 32.1. The third-order valence-electron chi connectivity index (χ3n) is 7.43. The molecule has 1 atom stereocenters. The summed E-state index contributed by atoms with van der Waals surface area (Å²) in [6.45, 7) is 4.49. The molecule has 0 aliphatic heterocycles. The molecule has 0 aliphatic carbocycles. The number of thiophene rings is 1. The zero-order valence-electron chi connectivity index (χ0n) is 24.4. The predicted octanol–water partition coefficient (Wildman–Crippen LogP) is 4.10. The molecule has 0 spiro atoms. The van der Waals surface area contributed by atoms with Crippen LogP contribution in [0.25, 0.3) is 33.0 Å². The number of carbonyl (C=O) groups is 1. The van der Waals surface area contributed by atoms with Crippen molar-refractivity contribution in [3.63, 3.8) is 0 Å². The number of carbonyl (C=O) groups excluding carboxylic acids is 1. The van der Waals surface area contributed by atoms with Gasteiger partial charge < -0.3 is 30.7 Å². The molecule has 2 aromatic carbocycles. The smallest absolute Gasteiger partial charge is 0.141 e. The van der Waals surface area contributed by atoms with E-state index in [1.165, 1.54) is 4.88 Å². The van der Waals surface area contributed by atoms with E-state index in [1.54, 1.807) is 24.5 Å². The molecule has 0 fully saturated rings. The van der Waals surface area contributed by atoms with Crippen LogP contribution >= 0.6 is 11.3 Å². The van der Waals surface area contributed by atoms with Crippen LogP contribution in [0.2, 0.25) is 0 Å². The van der Waals surface area contributed by atoms with E-state index in [-0.39, 0.29) is 25.0 Å². The van der Waals surface area contributed by atoms with Crippen LogP contribution in [0.5, 0.6) is 0 Å². The molecule has 43 heavy (non-hydrogen) atoms. The molecule has 6 N–H and O–H groups in total. The normalized spacial score (nSPS) is 12.2. The minimum absolute atomic E-state index is 0.0119. The Labute approximate surface area is 255 Å². The van der Waals surface area contributed by atoms with Crippen molar-refractivity contribution >= 4 is 33.8 Å². The van der Waals surface area contributed by atoms with Gasteiger partial charge in [-0.3, -0.25) is 9.89 Å². The van der Waals surface area contributed by atoms with E-state index < -0.39 is 0 Å². The predicted molar refractivity (Wildman–Crippen MR) is 172 cm³/mol. The van der Waals surface area contributed by atoms with Gasteiger partial charge in [0, 0.05) is 61.0 Å². The van der Waals surface area contributed by atoms with Crippen molar-refractivity contribution in [2.45, 2.75) is 38.9 Å². The fourth-order valence-electron chi connectivity index (χ4n) is 5.32. The van der Waals surface area contributed by atoms with E-state index in [2.05, 4.69) is 50.4 Å². The van der Waals surface area contributed by atoms with E-state index >= 15 is 0 Å². The monoisotopic (exact) mass is 601 g/mol. The van der Waals surface area contributed by atoms with Gasteiger partial charge in [-0.1, -0.05) is 6.07 Å². The lowest BCUT2D eigenvalue weighted by Gasteiger charge is -2.23. The summed E-state index contributed by atoms with van der Waals surface area (Å²) in [6.07, 6.45) is 2.94. The number of nitrogens with one attached hydrogen (secondary N) is 2. The molecule has 0 saturated carbocycles. The number of aromatic nitrogens is 4. The number of benzene rings is 2. The maximum absolute atomic E-state index is 12.3. The van der Waals surface area contributed by atoms with Crippen molar-refractivity contribution in [3.05, 3.63) is 77.3 Å². The number of nitrogens with two attached hydrogens (primary N) is 1. The van der Waals surface area contributed by atoms with Crippen LogP contribution in [0.3, 0.4) is 0 Å². The van der Waals surface area contributed by atoms with Gasteiger partial charge in [0.2, 0.25) is 0 Å². The summed E-state index contributed by atoms with van der Waals surface area (Å²) in [5, 5.41) is 29.5. The molecule has 10 nitrogen and oxygen atoms in total. The van der Waals surface area contributed by atoms with Crippen molar-refractivity contribution in [2.24, 2.45) is 5.73 Å². The van der Waals surface area contributed by atoms with Crippen LogP contribution in [-0.4, -0.2) is 68.6 Å². The summed E-state index contributed by atoms with van der Waals surface area (Å²) in [7, 11) is 0. The Morgan fingerprint density at radius 2 is 1.88 bits per heavy atom. The quantitative estimate of drug-likeness (QED) is 0.114. The Kier molecular flexibility index (Phi) is 10.3. The second-order valence-electron chi connectivity index (χ2n) is 10.5. The Bertz CT molecular complexity index is 1610. The number of rotatable bonds is 16. The molecule has 226 valence electrons. The van der Waals surface area contributed by atoms with Gasteiger partial charge in [0.25, 0.3) is 0 Å². The Morgan fingerprint density at radius 3 is 2.56 bits per heavy atom. The van der Waals surface area contributed by atoms with Gasteiger partial charge in [0.05, 0.1) is 34.8 Å². The first-order chi connectivity index (χ1) is 21.0. The summed E-state index contributed by atoms with van der Waals surface area (Å²) >= 11 is 1.70. The van der Waals surface area contributed by atoms with Gasteiger partial charge in [-0.25, -0.2) is 4.98 Å². The molecule has 3 aromatic heterocycles. The first-order valence-corrected chi connectivity index (χ1v) is 15.4. The number of fused-ring (bicyclic) bond motifs is 1. The van der Waals surface area contributed by atoms with Crippen LogP contribution in [0.15, 0.2) is 66.9 Å². The van der Waals surface area contributed by atoms with Gasteiger partial charge in [-0.2, -0.15) is 5.10 Å². The number of anilines is 1. The number of Topliss-reactive ketones (excluding diaryl/α,β-unsaturated/α-hetero) is 1. The topological polar surface area (TPSA) is 145 Å². The van der Waals surface area contributed by atoms with Crippen LogP contribution in [-0.2, 0) is 17.9 Å². The van der Waals surface area contributed by atoms with E-state index in [1.807, 2.05) is 35.2 Å². The third-order valence-corrected chi connectivity index (χ3v) is 8.55. The number of aromatic amines is 1. The van der Waals surface area contributed by atoms with E-state index in [0.29, 0.717) is 32.6 Å². The second kappa shape index (κ2) is 14.5. The number of hydrogen-bond acceptors (Lipinski definition) is 9. The summed E-state index contributed by atoms with van der Waals surface area (Å²) in [6, 6.07) is 20.3. The molecule has 0 bridgehead atoms. The highest BCUT2D eigenvalue weighted by molar-refractivity contribution is 7.15. The number of hydrogen-bond donors (Lipinski definition) is 5. The van der Waals surface area contributed by atoms with Crippen molar-refractivity contribution in [1.82, 2.24) is 25.1 Å². The van der Waals surface area contributed by atoms with Gasteiger partial charge in [0.15, 0.2) is 0 Å². The molecular weight excluding hydrogens is 562 g/mol. The SMILES string of the molecule is CC(=O)CC(NCc1ccc(-c2ccn[nH]2)s1)c1ccc2c(c1)nc(-c1ccc(N(CCO)CCO)cc1)n2CCCN. The van der Waals surface area contributed by atoms with Crippen LogP contribution in [0.1, 0.15) is 36.2 Å². The Balaban J connectivity index is 1.42. The maximum Gasteiger partial charge on any atom is 0.141 e. The second-order valence-corrected chi connectivity index (χ2v) is 11.7. The molecule has 3 heterocycles. The Morgan fingerprint density at radius 1 is 1.09 bits per heavy atom. The fraction of sp³-hybridized carbons (Fsp3) is 0.344. The molecule has 0 saturated heterocycles. The summed E-state index contributed by atoms with van der Waals surface area (Å²) in [5.41, 5.74) is 11.7. The highest BCUT2D eigenvalue weighted by Gasteiger charge is 2.19. The number of nitrogens with zero attached hydrogens (tertiary/aromatic N) is 4. The van der Waals surface area contributed by atoms with Gasteiger partial charge in [-0.05, 0) is 80.1 Å². The lowest BCUT2D eigenvalue weighted by Crippen LogP contribution is -2.29. The molecule has 5 aromatic rings. The van der Waals surface area contributed by atoms with E-state index in [4.69, 9.17) is 10.7 Å². The number of aliphatic hydroxyl groups excluding tert-OH is 2. The van der Waals surface area contributed by atoms with Crippen molar-refractivity contribution < 1.29 is 15.0 Å². The summed E-state index contributed by atoms with van der Waals surface area (Å²) in [4.78, 5) is 21.6. The lowest BCUT2D eigenvalue weighted by molar-refractivity contribution is -0.117. The van der Waals surface area contributed by atoms with Crippen molar-refractivity contribution in [2.75, 3.05) is 37.7 Å². The van der Waals surface area contributed by atoms with Crippen LogP contribution in [0.4, 0.5) is 5.69 Å². The number of imidazole rings is 1. The van der Waals surface area contributed by atoms with E-state index in [9.17, 15) is 15.0 Å². The number of H-pyrrole nitrogens is 1. The first kappa shape index (κ1) is 30.6. The number of ketones is 1.